The normalized spacial score (nSPS) is 13.8. The van der Waals surface area contributed by atoms with Gasteiger partial charge in [0.1, 0.15) is 5.82 Å². The van der Waals surface area contributed by atoms with Crippen molar-refractivity contribution in [3.63, 3.8) is 0 Å². The van der Waals surface area contributed by atoms with Gasteiger partial charge in [-0.05, 0) is 24.6 Å². The van der Waals surface area contributed by atoms with E-state index in [2.05, 4.69) is 4.98 Å². The molecule has 5 nitrogen and oxygen atoms in total. The third-order valence-electron chi connectivity index (χ3n) is 4.31. The van der Waals surface area contributed by atoms with Crippen molar-refractivity contribution in [3.05, 3.63) is 65.2 Å². The van der Waals surface area contributed by atoms with Gasteiger partial charge in [0.2, 0.25) is 0 Å². The van der Waals surface area contributed by atoms with E-state index in [1.165, 1.54) is 4.90 Å². The van der Waals surface area contributed by atoms with Gasteiger partial charge in [0.05, 0.1) is 11.1 Å². The first-order valence-corrected chi connectivity index (χ1v) is 7.47. The number of imide groups is 1. The number of nitrogens with one attached hydrogen (secondary N) is 1. The number of fused-ring (bicyclic) bond motifs is 2. The van der Waals surface area contributed by atoms with Gasteiger partial charge in [0.25, 0.3) is 11.8 Å². The van der Waals surface area contributed by atoms with Crippen molar-refractivity contribution in [2.45, 2.75) is 6.42 Å². The smallest absolute Gasteiger partial charge is 0.261 e. The summed E-state index contributed by atoms with van der Waals surface area (Å²) in [7, 11) is 0. The van der Waals surface area contributed by atoms with Crippen LogP contribution in [0.5, 0.6) is 0 Å². The maximum absolute atomic E-state index is 12.4. The molecule has 3 N–H and O–H groups in total. The molecule has 5 heteroatoms. The van der Waals surface area contributed by atoms with Gasteiger partial charge < -0.3 is 10.7 Å². The van der Waals surface area contributed by atoms with E-state index in [1.807, 2.05) is 24.3 Å². The molecule has 0 fully saturated rings. The van der Waals surface area contributed by atoms with Crippen LogP contribution in [0, 0.1) is 0 Å². The van der Waals surface area contributed by atoms with Crippen LogP contribution in [-0.2, 0) is 6.42 Å². The van der Waals surface area contributed by atoms with Crippen molar-refractivity contribution in [1.82, 2.24) is 9.88 Å². The molecule has 0 radical (unpaired) electrons. The largest absolute Gasteiger partial charge is 0.385 e. The molecule has 0 saturated carbocycles. The number of aromatic nitrogens is 1. The molecule has 1 aliphatic heterocycles. The predicted octanol–water partition coefficient (Wildman–Crippen LogP) is 2.59. The minimum atomic E-state index is -0.232. The Hall–Kier alpha value is -3.08. The first kappa shape index (κ1) is 13.6. The number of carbonyl (C=O) groups excluding carboxylic acids is 2. The van der Waals surface area contributed by atoms with E-state index in [4.69, 9.17) is 5.73 Å². The summed E-state index contributed by atoms with van der Waals surface area (Å²) in [6.45, 7) is 0.318. The number of anilines is 1. The van der Waals surface area contributed by atoms with Gasteiger partial charge in [-0.15, -0.1) is 0 Å². The van der Waals surface area contributed by atoms with E-state index in [0.29, 0.717) is 29.9 Å². The van der Waals surface area contributed by atoms with Crippen molar-refractivity contribution < 1.29 is 9.59 Å². The van der Waals surface area contributed by atoms with Crippen molar-refractivity contribution in [2.24, 2.45) is 0 Å². The first-order chi connectivity index (χ1) is 11.2. The van der Waals surface area contributed by atoms with E-state index in [1.54, 1.807) is 24.3 Å². The van der Waals surface area contributed by atoms with Gasteiger partial charge in [0.15, 0.2) is 0 Å². The predicted molar refractivity (Wildman–Crippen MR) is 88.2 cm³/mol. The van der Waals surface area contributed by atoms with Gasteiger partial charge in [-0.25, -0.2) is 0 Å². The number of carbonyl (C=O) groups is 2. The Bertz CT molecular complexity index is 907. The van der Waals surface area contributed by atoms with Crippen LogP contribution in [0.25, 0.3) is 10.9 Å². The standard InChI is InChI=1S/C18H15N3O2/c19-16-12(11-5-3-4-8-15(11)20-16)9-10-21-17(22)13-6-1-2-7-14(13)18(21)23/h1-8,20H,9-10,19H2. The van der Waals surface area contributed by atoms with E-state index in [0.717, 1.165) is 16.5 Å². The number of amides is 2. The third-order valence-corrected chi connectivity index (χ3v) is 4.31. The van der Waals surface area contributed by atoms with Crippen LogP contribution < -0.4 is 5.73 Å². The molecule has 1 aliphatic rings. The highest BCUT2D eigenvalue weighted by molar-refractivity contribution is 6.21. The van der Waals surface area contributed by atoms with Crippen molar-refractivity contribution in [1.29, 1.82) is 0 Å². The van der Waals surface area contributed by atoms with Gasteiger partial charge >= 0.3 is 0 Å². The quantitative estimate of drug-likeness (QED) is 0.730. The molecule has 1 aromatic heterocycles. The molecule has 2 aromatic carbocycles. The van der Waals surface area contributed by atoms with E-state index < -0.39 is 0 Å². The number of hydrogen-bond acceptors (Lipinski definition) is 3. The van der Waals surface area contributed by atoms with Crippen LogP contribution in [0.3, 0.4) is 0 Å². The maximum Gasteiger partial charge on any atom is 0.261 e. The average molecular weight is 305 g/mol. The monoisotopic (exact) mass is 305 g/mol. The minimum Gasteiger partial charge on any atom is -0.385 e. The second-order valence-corrected chi connectivity index (χ2v) is 5.62. The summed E-state index contributed by atoms with van der Waals surface area (Å²) in [5.41, 5.74) is 8.90. The number of benzene rings is 2. The minimum absolute atomic E-state index is 0.232. The Balaban J connectivity index is 1.62. The van der Waals surface area contributed by atoms with E-state index >= 15 is 0 Å². The summed E-state index contributed by atoms with van der Waals surface area (Å²) in [6, 6.07) is 14.7. The van der Waals surface area contributed by atoms with Gasteiger partial charge in [-0.3, -0.25) is 14.5 Å². The molecule has 0 saturated heterocycles. The van der Waals surface area contributed by atoms with Crippen LogP contribution >= 0.6 is 0 Å². The summed E-state index contributed by atoms with van der Waals surface area (Å²) >= 11 is 0. The molecule has 0 unspecified atom stereocenters. The highest BCUT2D eigenvalue weighted by Gasteiger charge is 2.34. The highest BCUT2D eigenvalue weighted by Crippen LogP contribution is 2.27. The zero-order valence-electron chi connectivity index (χ0n) is 12.4. The number of nitrogens with two attached hydrogens (primary N) is 1. The molecule has 4 rings (SSSR count). The molecule has 0 aliphatic carbocycles. The van der Waals surface area contributed by atoms with Crippen molar-refractivity contribution in [3.8, 4) is 0 Å². The lowest BCUT2D eigenvalue weighted by Gasteiger charge is -2.13. The molecule has 0 spiro atoms. The number of para-hydroxylation sites is 1. The fourth-order valence-corrected chi connectivity index (χ4v) is 3.16. The van der Waals surface area contributed by atoms with Gasteiger partial charge in [-0.1, -0.05) is 30.3 Å². The molecule has 0 bridgehead atoms. The third kappa shape index (κ3) is 2.01. The zero-order chi connectivity index (χ0) is 16.0. The van der Waals surface area contributed by atoms with Gasteiger partial charge in [-0.2, -0.15) is 0 Å². The number of nitrogen functional groups attached to an aromatic ring is 1. The molecule has 23 heavy (non-hydrogen) atoms. The highest BCUT2D eigenvalue weighted by atomic mass is 16.2. The Morgan fingerprint density at radius 3 is 2.22 bits per heavy atom. The van der Waals surface area contributed by atoms with Gasteiger partial charge in [0, 0.05) is 23.0 Å². The van der Waals surface area contributed by atoms with Crippen LogP contribution in [0.15, 0.2) is 48.5 Å². The summed E-state index contributed by atoms with van der Waals surface area (Å²) in [5, 5.41) is 1.03. The fourth-order valence-electron chi connectivity index (χ4n) is 3.16. The lowest BCUT2D eigenvalue weighted by atomic mass is 10.1. The summed E-state index contributed by atoms with van der Waals surface area (Å²) in [5.74, 6) is 0.121. The van der Waals surface area contributed by atoms with Crippen molar-refractivity contribution in [2.75, 3.05) is 12.3 Å². The Morgan fingerprint density at radius 1 is 0.913 bits per heavy atom. The fraction of sp³-hybridized carbons (Fsp3) is 0.111. The lowest BCUT2D eigenvalue weighted by Crippen LogP contribution is -2.31. The molecule has 2 heterocycles. The second kappa shape index (κ2) is 4.98. The lowest BCUT2D eigenvalue weighted by molar-refractivity contribution is 0.0656. The Kier molecular flexibility index (Phi) is 2.94. The number of rotatable bonds is 3. The molecule has 0 atom stereocenters. The van der Waals surface area contributed by atoms with Crippen LogP contribution in [0.2, 0.25) is 0 Å². The Labute approximate surface area is 132 Å². The molecular weight excluding hydrogens is 290 g/mol. The number of nitrogens with zero attached hydrogens (tertiary/aromatic N) is 1. The van der Waals surface area contributed by atoms with Crippen LogP contribution in [-0.4, -0.2) is 28.2 Å². The second-order valence-electron chi connectivity index (χ2n) is 5.62. The number of H-pyrrole nitrogens is 1. The van der Waals surface area contributed by atoms with E-state index in [9.17, 15) is 9.59 Å². The first-order valence-electron chi connectivity index (χ1n) is 7.47. The summed E-state index contributed by atoms with van der Waals surface area (Å²) < 4.78 is 0. The van der Waals surface area contributed by atoms with Crippen molar-refractivity contribution >= 4 is 28.5 Å². The average Bonchev–Trinajstić information content (AvgIpc) is 3.01. The SMILES string of the molecule is Nc1[nH]c2ccccc2c1CCN1C(=O)c2ccccc2C1=O. The number of hydrogen-bond donors (Lipinski definition) is 2. The van der Waals surface area contributed by atoms with Crippen LogP contribution in [0.4, 0.5) is 5.82 Å². The molecule has 3 aromatic rings. The van der Waals surface area contributed by atoms with E-state index in [-0.39, 0.29) is 11.8 Å². The zero-order valence-corrected chi connectivity index (χ0v) is 12.4. The molecule has 114 valence electrons. The topological polar surface area (TPSA) is 79.2 Å². The molecule has 2 amide bonds. The maximum atomic E-state index is 12.4. The number of aromatic amines is 1. The Morgan fingerprint density at radius 2 is 1.52 bits per heavy atom. The summed E-state index contributed by atoms with van der Waals surface area (Å²) in [6.07, 6.45) is 0.529. The molecular formula is C18H15N3O2. The summed E-state index contributed by atoms with van der Waals surface area (Å²) in [4.78, 5) is 29.2. The van der Waals surface area contributed by atoms with Crippen LogP contribution in [0.1, 0.15) is 26.3 Å².